The van der Waals surface area contributed by atoms with Gasteiger partial charge < -0.3 is 9.64 Å². The maximum Gasteiger partial charge on any atom is 0.132 e. The number of hydrogen-bond acceptors (Lipinski definition) is 4. The highest BCUT2D eigenvalue weighted by atomic mass is 16.5. The summed E-state index contributed by atoms with van der Waals surface area (Å²) in [7, 11) is 0. The average Bonchev–Trinajstić information content (AvgIpc) is 2.53. The molecule has 0 bridgehead atoms. The first-order valence-electron chi connectivity index (χ1n) is 7.38. The van der Waals surface area contributed by atoms with Gasteiger partial charge in [0.15, 0.2) is 0 Å². The number of rotatable bonds is 3. The van der Waals surface area contributed by atoms with Gasteiger partial charge in [-0.3, -0.25) is 0 Å². The SMILES string of the molecule is Cc1ccc2cc(CCC#N)c(N3CCOCC3)nc2c1. The quantitative estimate of drug-likeness (QED) is 0.868. The molecule has 0 radical (unpaired) electrons. The Bertz CT molecular complexity index is 684. The van der Waals surface area contributed by atoms with Gasteiger partial charge in [-0.2, -0.15) is 5.26 Å². The highest BCUT2D eigenvalue weighted by Crippen LogP contribution is 2.26. The molecule has 0 amide bonds. The van der Waals surface area contributed by atoms with E-state index in [1.165, 1.54) is 5.56 Å². The van der Waals surface area contributed by atoms with E-state index in [0.29, 0.717) is 6.42 Å². The van der Waals surface area contributed by atoms with Gasteiger partial charge in [-0.05, 0) is 36.6 Å². The van der Waals surface area contributed by atoms with Gasteiger partial charge in [-0.15, -0.1) is 0 Å². The molecule has 1 aliphatic heterocycles. The molecule has 1 aliphatic rings. The van der Waals surface area contributed by atoms with Gasteiger partial charge in [0.1, 0.15) is 5.82 Å². The minimum absolute atomic E-state index is 0.524. The van der Waals surface area contributed by atoms with E-state index in [0.717, 1.165) is 55.0 Å². The topological polar surface area (TPSA) is 49.2 Å². The molecule has 0 saturated carbocycles. The largest absolute Gasteiger partial charge is 0.378 e. The number of anilines is 1. The number of ether oxygens (including phenoxy) is 1. The summed E-state index contributed by atoms with van der Waals surface area (Å²) in [6, 6.07) is 10.7. The van der Waals surface area contributed by atoms with E-state index in [9.17, 15) is 0 Å². The second-order valence-corrected chi connectivity index (χ2v) is 5.42. The van der Waals surface area contributed by atoms with E-state index in [-0.39, 0.29) is 0 Å². The zero-order valence-corrected chi connectivity index (χ0v) is 12.3. The Labute approximate surface area is 125 Å². The van der Waals surface area contributed by atoms with Gasteiger partial charge in [0.25, 0.3) is 0 Å². The van der Waals surface area contributed by atoms with Crippen LogP contribution in [0.25, 0.3) is 10.9 Å². The maximum absolute atomic E-state index is 8.87. The number of aromatic nitrogens is 1. The van der Waals surface area contributed by atoms with Crippen LogP contribution >= 0.6 is 0 Å². The Morgan fingerprint density at radius 3 is 2.86 bits per heavy atom. The third-order valence-electron chi connectivity index (χ3n) is 3.85. The van der Waals surface area contributed by atoms with Crippen LogP contribution in [0.2, 0.25) is 0 Å². The lowest BCUT2D eigenvalue weighted by Gasteiger charge is -2.29. The molecule has 0 unspecified atom stereocenters. The number of aryl methyl sites for hydroxylation is 2. The molecule has 1 aromatic carbocycles. The van der Waals surface area contributed by atoms with Gasteiger partial charge in [-0.1, -0.05) is 12.1 Å². The van der Waals surface area contributed by atoms with Crippen LogP contribution < -0.4 is 4.90 Å². The van der Waals surface area contributed by atoms with Crippen molar-refractivity contribution in [3.8, 4) is 6.07 Å². The van der Waals surface area contributed by atoms with Gasteiger partial charge >= 0.3 is 0 Å². The van der Waals surface area contributed by atoms with E-state index in [4.69, 9.17) is 15.0 Å². The minimum Gasteiger partial charge on any atom is -0.378 e. The lowest BCUT2D eigenvalue weighted by Crippen LogP contribution is -2.37. The zero-order valence-electron chi connectivity index (χ0n) is 12.3. The fourth-order valence-electron chi connectivity index (χ4n) is 2.73. The molecule has 2 heterocycles. The van der Waals surface area contributed by atoms with Gasteiger partial charge in [0.2, 0.25) is 0 Å². The molecule has 0 N–H and O–H groups in total. The second-order valence-electron chi connectivity index (χ2n) is 5.42. The summed E-state index contributed by atoms with van der Waals surface area (Å²) in [5, 5.41) is 10.0. The first-order chi connectivity index (χ1) is 10.3. The van der Waals surface area contributed by atoms with Crippen LogP contribution in [0.5, 0.6) is 0 Å². The molecule has 1 fully saturated rings. The molecular formula is C17H19N3O. The molecule has 1 aromatic heterocycles. The predicted octanol–water partition coefficient (Wildman–Crippen LogP) is 2.84. The van der Waals surface area contributed by atoms with Crippen molar-refractivity contribution in [3.63, 3.8) is 0 Å². The van der Waals surface area contributed by atoms with E-state index < -0.39 is 0 Å². The highest BCUT2D eigenvalue weighted by molar-refractivity contribution is 5.82. The molecule has 0 spiro atoms. The predicted molar refractivity (Wildman–Crippen MR) is 83.4 cm³/mol. The summed E-state index contributed by atoms with van der Waals surface area (Å²) >= 11 is 0. The number of hydrogen-bond donors (Lipinski definition) is 0. The smallest absolute Gasteiger partial charge is 0.132 e. The van der Waals surface area contributed by atoms with Crippen LogP contribution in [0.15, 0.2) is 24.3 Å². The van der Waals surface area contributed by atoms with E-state index in [1.54, 1.807) is 0 Å². The van der Waals surface area contributed by atoms with Crippen LogP contribution in [0.3, 0.4) is 0 Å². The number of fused-ring (bicyclic) bond motifs is 1. The van der Waals surface area contributed by atoms with E-state index in [1.807, 2.05) is 0 Å². The molecule has 4 heteroatoms. The fraction of sp³-hybridized carbons (Fsp3) is 0.412. The molecular weight excluding hydrogens is 262 g/mol. The number of morpholine rings is 1. The molecule has 0 aliphatic carbocycles. The normalized spacial score (nSPS) is 15.1. The lowest BCUT2D eigenvalue weighted by atomic mass is 10.1. The van der Waals surface area contributed by atoms with Crippen molar-refractivity contribution in [2.45, 2.75) is 19.8 Å². The second kappa shape index (κ2) is 6.11. The standard InChI is InChI=1S/C17H19N3O/c1-13-4-5-14-12-15(3-2-6-18)17(19-16(14)11-13)20-7-9-21-10-8-20/h4-5,11-12H,2-3,7-10H2,1H3. The van der Waals surface area contributed by atoms with Gasteiger partial charge in [0.05, 0.1) is 24.8 Å². The van der Waals surface area contributed by atoms with Crippen molar-refractivity contribution in [2.24, 2.45) is 0 Å². The third-order valence-corrected chi connectivity index (χ3v) is 3.85. The molecule has 2 aromatic rings. The summed E-state index contributed by atoms with van der Waals surface area (Å²) in [5.74, 6) is 1.02. The number of nitriles is 1. The fourth-order valence-corrected chi connectivity index (χ4v) is 2.73. The first-order valence-corrected chi connectivity index (χ1v) is 7.38. The molecule has 108 valence electrons. The third kappa shape index (κ3) is 2.98. The Morgan fingerprint density at radius 2 is 2.10 bits per heavy atom. The van der Waals surface area contributed by atoms with Crippen molar-refractivity contribution in [1.29, 1.82) is 5.26 Å². The first kappa shape index (κ1) is 13.8. The Kier molecular flexibility index (Phi) is 4.03. The summed E-state index contributed by atoms with van der Waals surface area (Å²) in [4.78, 5) is 7.15. The lowest BCUT2D eigenvalue weighted by molar-refractivity contribution is 0.122. The molecule has 21 heavy (non-hydrogen) atoms. The van der Waals surface area contributed by atoms with E-state index in [2.05, 4.69) is 42.2 Å². The van der Waals surface area contributed by atoms with Crippen LogP contribution in [0, 0.1) is 18.3 Å². The van der Waals surface area contributed by atoms with Crippen LogP contribution in [0.4, 0.5) is 5.82 Å². The molecule has 4 nitrogen and oxygen atoms in total. The summed E-state index contributed by atoms with van der Waals surface area (Å²) in [6.07, 6.45) is 1.27. The van der Waals surface area contributed by atoms with Crippen LogP contribution in [-0.4, -0.2) is 31.3 Å². The molecule has 0 atom stereocenters. The Balaban J connectivity index is 2.06. The van der Waals surface area contributed by atoms with Crippen molar-refractivity contribution in [3.05, 3.63) is 35.4 Å². The highest BCUT2D eigenvalue weighted by Gasteiger charge is 2.17. The van der Waals surface area contributed by atoms with Crippen molar-refractivity contribution in [1.82, 2.24) is 4.98 Å². The number of nitrogens with zero attached hydrogens (tertiary/aromatic N) is 3. The van der Waals surface area contributed by atoms with E-state index >= 15 is 0 Å². The number of pyridine rings is 1. The van der Waals surface area contributed by atoms with Crippen LogP contribution in [0.1, 0.15) is 17.5 Å². The van der Waals surface area contributed by atoms with Crippen LogP contribution in [-0.2, 0) is 11.2 Å². The summed E-state index contributed by atoms with van der Waals surface area (Å²) in [5.41, 5.74) is 3.40. The van der Waals surface area contributed by atoms with Crippen molar-refractivity contribution >= 4 is 16.7 Å². The summed E-state index contributed by atoms with van der Waals surface area (Å²) < 4.78 is 5.43. The average molecular weight is 281 g/mol. The number of benzene rings is 1. The van der Waals surface area contributed by atoms with Crippen molar-refractivity contribution < 1.29 is 4.74 Å². The molecule has 1 saturated heterocycles. The zero-order chi connectivity index (χ0) is 14.7. The maximum atomic E-state index is 8.87. The minimum atomic E-state index is 0.524. The Morgan fingerprint density at radius 1 is 1.29 bits per heavy atom. The Hall–Kier alpha value is -2.12. The summed E-state index contributed by atoms with van der Waals surface area (Å²) in [6.45, 7) is 5.29. The molecule has 3 rings (SSSR count). The van der Waals surface area contributed by atoms with Gasteiger partial charge in [0, 0.05) is 24.9 Å². The van der Waals surface area contributed by atoms with Gasteiger partial charge in [-0.25, -0.2) is 4.98 Å². The monoisotopic (exact) mass is 281 g/mol. The van der Waals surface area contributed by atoms with Crippen molar-refractivity contribution in [2.75, 3.05) is 31.2 Å².